The molecule has 1 saturated heterocycles. The Morgan fingerprint density at radius 2 is 1.50 bits per heavy atom. The van der Waals surface area contributed by atoms with Crippen molar-refractivity contribution in [2.75, 3.05) is 0 Å². The quantitative estimate of drug-likeness (QED) is 0.292. The van der Waals surface area contributed by atoms with E-state index >= 15 is 0 Å². The Balaban J connectivity index is 0.0000000900. The van der Waals surface area contributed by atoms with Crippen LogP contribution in [0, 0.1) is 0 Å². The van der Waals surface area contributed by atoms with E-state index in [2.05, 4.69) is 6.33 Å². The van der Waals surface area contributed by atoms with Crippen LogP contribution in [0.2, 0.25) is 0 Å². The second kappa shape index (κ2) is 2.68. The summed E-state index contributed by atoms with van der Waals surface area (Å²) in [6, 6.07) is 0. The first-order valence-electron chi connectivity index (χ1n) is 0.575. The Morgan fingerprint density at radius 3 is 1.50 bits per heavy atom. The molecule has 1 aliphatic heterocycles. The van der Waals surface area contributed by atoms with Crippen LogP contribution < -0.4 is 0 Å². The predicted octanol–water partition coefficient (Wildman–Crippen LogP) is -0.788. The third-order valence-electron chi connectivity index (χ3n) is 0.0833. The summed E-state index contributed by atoms with van der Waals surface area (Å²) in [6.45, 7) is 0. The molecule has 2 nitrogen and oxygen atoms in total. The average Bonchev–Trinajstić information content (AvgIpc) is 1.46. The SMILES string of the molecule is [O]1[O][SbH]1.[Ti]. The van der Waals surface area contributed by atoms with Gasteiger partial charge in [0, 0.05) is 21.7 Å². The largest absolute Gasteiger partial charge is 0 e. The van der Waals surface area contributed by atoms with E-state index in [0.717, 1.165) is 0 Å². The van der Waals surface area contributed by atoms with Crippen LogP contribution in [0.15, 0.2) is 0 Å². The summed E-state index contributed by atoms with van der Waals surface area (Å²) < 4.78 is 8.34. The molecule has 0 aromatic heterocycles. The smallest absolute Gasteiger partial charge is 0 e. The molecule has 1 fully saturated rings. The summed E-state index contributed by atoms with van der Waals surface area (Å²) in [4.78, 5) is 0. The van der Waals surface area contributed by atoms with E-state index < -0.39 is 22.5 Å². The van der Waals surface area contributed by atoms with E-state index in [1.54, 1.807) is 0 Å². The van der Waals surface area contributed by atoms with Gasteiger partial charge in [-0.2, -0.15) is 0 Å². The van der Waals surface area contributed by atoms with Crippen molar-refractivity contribution >= 4 is 22.5 Å². The molecular weight excluding hydrogens is 202 g/mol. The third-order valence-corrected chi connectivity index (χ3v) is 0.559. The zero-order valence-corrected chi connectivity index (χ0v) is 6.23. The van der Waals surface area contributed by atoms with Gasteiger partial charge in [0.15, 0.2) is 0 Å². The van der Waals surface area contributed by atoms with Gasteiger partial charge >= 0.3 is 28.8 Å². The fourth-order valence-corrected chi connectivity index (χ4v) is 0. The monoisotopic (exact) mass is 202 g/mol. The molecule has 0 radical (unpaired) electrons. The van der Waals surface area contributed by atoms with E-state index in [1.807, 2.05) is 0 Å². The maximum atomic E-state index is 4.17. The minimum atomic E-state index is -0.520. The summed E-state index contributed by atoms with van der Waals surface area (Å²) in [5.41, 5.74) is 0. The van der Waals surface area contributed by atoms with Crippen LogP contribution in [0.3, 0.4) is 0 Å². The van der Waals surface area contributed by atoms with E-state index in [4.69, 9.17) is 0 Å². The fourth-order valence-electron chi connectivity index (χ4n) is 0. The Labute approximate surface area is 50.3 Å². The molecule has 4 heteroatoms. The van der Waals surface area contributed by atoms with Crippen LogP contribution in [-0.4, -0.2) is 22.5 Å². The minimum Gasteiger partial charge on any atom is 0 e. The van der Waals surface area contributed by atoms with Crippen LogP contribution in [0.5, 0.6) is 0 Å². The minimum absolute atomic E-state index is 0. The van der Waals surface area contributed by atoms with Gasteiger partial charge in [0.2, 0.25) is 0 Å². The van der Waals surface area contributed by atoms with Gasteiger partial charge in [-0.05, 0) is 0 Å². The van der Waals surface area contributed by atoms with Gasteiger partial charge in [-0.1, -0.05) is 0 Å². The first-order chi connectivity index (χ1) is 1.50. The van der Waals surface area contributed by atoms with E-state index in [0.29, 0.717) is 0 Å². The van der Waals surface area contributed by atoms with Crippen LogP contribution in [0.1, 0.15) is 0 Å². The zero-order chi connectivity index (χ0) is 2.12. The number of hydrogen-bond donors (Lipinski definition) is 0. The molecule has 0 bridgehead atoms. The van der Waals surface area contributed by atoms with E-state index in [1.165, 1.54) is 0 Å². The summed E-state index contributed by atoms with van der Waals surface area (Å²) in [5, 5.41) is 0. The topological polar surface area (TPSA) is 25.1 Å². The van der Waals surface area contributed by atoms with E-state index in [-0.39, 0.29) is 21.7 Å². The maximum Gasteiger partial charge on any atom is 0 e. The molecule has 22 valence electrons. The Hall–Kier alpha value is 1.45. The molecule has 0 spiro atoms. The first-order valence-corrected chi connectivity index (χ1v) is 2.91. The average molecular weight is 203 g/mol. The molecule has 1 aliphatic rings. The van der Waals surface area contributed by atoms with Crippen LogP contribution in [-0.2, 0) is 28.0 Å². The Kier molecular flexibility index (Phi) is 3.65. The molecular formula is HO2SbTi. The molecule has 0 amide bonds. The normalized spacial score (nSPS) is 18.0. The van der Waals surface area contributed by atoms with Crippen molar-refractivity contribution < 1.29 is 28.0 Å². The van der Waals surface area contributed by atoms with Crippen molar-refractivity contribution in [3.8, 4) is 0 Å². The Morgan fingerprint density at radius 1 is 1.25 bits per heavy atom. The van der Waals surface area contributed by atoms with Crippen molar-refractivity contribution in [2.24, 2.45) is 0 Å². The van der Waals surface area contributed by atoms with E-state index in [9.17, 15) is 0 Å². The van der Waals surface area contributed by atoms with Crippen molar-refractivity contribution in [1.82, 2.24) is 0 Å². The molecule has 0 N–H and O–H groups in total. The van der Waals surface area contributed by atoms with Gasteiger partial charge in [0.05, 0.1) is 0 Å². The Bertz CT molecular complexity index is 10.8. The molecule has 0 unspecified atom stereocenters. The van der Waals surface area contributed by atoms with Crippen LogP contribution >= 0.6 is 0 Å². The summed E-state index contributed by atoms with van der Waals surface area (Å²) in [6.07, 6.45) is 0. The second-order valence-electron chi connectivity index (χ2n) is 0.250. The zero-order valence-electron chi connectivity index (χ0n) is 1.82. The molecule has 0 aliphatic carbocycles. The van der Waals surface area contributed by atoms with Crippen molar-refractivity contribution in [2.45, 2.75) is 0 Å². The fraction of sp³-hybridized carbons (Fsp3) is 0. The molecule has 0 saturated carbocycles. The van der Waals surface area contributed by atoms with Crippen LogP contribution in [0.25, 0.3) is 0 Å². The van der Waals surface area contributed by atoms with Gasteiger partial charge < -0.3 is 0 Å². The molecule has 1 heterocycles. The molecule has 0 aromatic rings. The standard InChI is InChI=1S/O2.Sb.Ti.H/c1-2;;;/q-2;+2;;. The summed E-state index contributed by atoms with van der Waals surface area (Å²) >= 11 is -0.520. The molecule has 4 heavy (non-hydrogen) atoms. The molecule has 0 aromatic carbocycles. The number of rotatable bonds is 0. The van der Waals surface area contributed by atoms with Gasteiger partial charge in [-0.25, -0.2) is 0 Å². The van der Waals surface area contributed by atoms with Gasteiger partial charge in [0.1, 0.15) is 0 Å². The maximum absolute atomic E-state index is 4.17. The first kappa shape index (κ1) is 5.45. The van der Waals surface area contributed by atoms with Gasteiger partial charge in [-0.3, -0.25) is 0 Å². The van der Waals surface area contributed by atoms with Crippen molar-refractivity contribution in [1.29, 1.82) is 0 Å². The predicted molar refractivity (Wildman–Crippen MR) is 9.32 cm³/mol. The van der Waals surface area contributed by atoms with Gasteiger partial charge in [0.25, 0.3) is 0 Å². The summed E-state index contributed by atoms with van der Waals surface area (Å²) in [7, 11) is 0. The van der Waals surface area contributed by atoms with Crippen molar-refractivity contribution in [3.63, 3.8) is 0 Å². The molecule has 0 atom stereocenters. The van der Waals surface area contributed by atoms with Gasteiger partial charge in [-0.15, -0.1) is 0 Å². The van der Waals surface area contributed by atoms with Crippen LogP contribution in [0.4, 0.5) is 0 Å². The molecule has 1 rings (SSSR count). The summed E-state index contributed by atoms with van der Waals surface area (Å²) in [5.74, 6) is 0. The van der Waals surface area contributed by atoms with Crippen molar-refractivity contribution in [3.05, 3.63) is 0 Å². The number of hydrogen-bond acceptors (Lipinski definition) is 2. The second-order valence-corrected chi connectivity index (χ2v) is 1.68. The third kappa shape index (κ3) is 3.45.